The summed E-state index contributed by atoms with van der Waals surface area (Å²) >= 11 is 6.00. The Morgan fingerprint density at radius 1 is 1.50 bits per heavy atom. The number of benzene rings is 1. The van der Waals surface area contributed by atoms with Crippen molar-refractivity contribution < 1.29 is 4.79 Å². The van der Waals surface area contributed by atoms with Crippen LogP contribution in [0.3, 0.4) is 0 Å². The number of nitrogens with two attached hydrogens (primary N) is 1. The molecule has 2 rings (SSSR count). The highest BCUT2D eigenvalue weighted by Gasteiger charge is 2.18. The van der Waals surface area contributed by atoms with Gasteiger partial charge < -0.3 is 5.73 Å². The zero-order chi connectivity index (χ0) is 13.3. The fourth-order valence-electron chi connectivity index (χ4n) is 1.75. The van der Waals surface area contributed by atoms with Gasteiger partial charge in [0.15, 0.2) is 0 Å². The summed E-state index contributed by atoms with van der Waals surface area (Å²) < 4.78 is 1.58. The van der Waals surface area contributed by atoms with E-state index in [1.165, 1.54) is 6.20 Å². The third kappa shape index (κ3) is 2.11. The number of carbonyl (C=O) groups is 1. The van der Waals surface area contributed by atoms with Crippen LogP contribution in [0.15, 0.2) is 24.4 Å². The van der Waals surface area contributed by atoms with Crippen LogP contribution in [0.5, 0.6) is 0 Å². The molecule has 0 aliphatic heterocycles. The first-order chi connectivity index (χ1) is 8.54. The Morgan fingerprint density at radius 3 is 2.83 bits per heavy atom. The topological polar surface area (TPSA) is 60.9 Å². The molecule has 0 atom stereocenters. The van der Waals surface area contributed by atoms with E-state index < -0.39 is 0 Å². The van der Waals surface area contributed by atoms with E-state index in [0.29, 0.717) is 28.5 Å². The fraction of sp³-hybridized carbons (Fsp3) is 0.231. The Hall–Kier alpha value is -1.81. The third-order valence-corrected chi connectivity index (χ3v) is 3.13. The highest BCUT2D eigenvalue weighted by Crippen LogP contribution is 2.21. The molecule has 0 saturated carbocycles. The molecular weight excluding hydrogens is 250 g/mol. The van der Waals surface area contributed by atoms with Crippen molar-refractivity contribution in [3.05, 3.63) is 46.2 Å². The maximum Gasteiger partial charge on any atom is 0.212 e. The van der Waals surface area contributed by atoms with E-state index in [4.69, 9.17) is 17.3 Å². The zero-order valence-corrected chi connectivity index (χ0v) is 11.0. The lowest BCUT2D eigenvalue weighted by molar-refractivity contribution is 0.102. The minimum absolute atomic E-state index is 0.161. The summed E-state index contributed by atoms with van der Waals surface area (Å²) in [5.41, 5.74) is 8.28. The number of anilines is 1. The quantitative estimate of drug-likeness (QED) is 0.684. The molecule has 1 aromatic carbocycles. The zero-order valence-electron chi connectivity index (χ0n) is 10.3. The molecule has 1 heterocycles. The van der Waals surface area contributed by atoms with Crippen LogP contribution >= 0.6 is 11.6 Å². The molecule has 0 unspecified atom stereocenters. The number of hydrogen-bond donors (Lipinski definition) is 1. The summed E-state index contributed by atoms with van der Waals surface area (Å²) in [6, 6.07) is 5.24. The van der Waals surface area contributed by atoms with Gasteiger partial charge in [-0.2, -0.15) is 5.10 Å². The minimum Gasteiger partial charge on any atom is -0.398 e. The first-order valence-electron chi connectivity index (χ1n) is 5.66. The molecule has 0 radical (unpaired) electrons. The Labute approximate surface area is 110 Å². The van der Waals surface area contributed by atoms with Gasteiger partial charge in [0.05, 0.1) is 11.2 Å². The summed E-state index contributed by atoms with van der Waals surface area (Å²) in [7, 11) is 0. The second-order valence-electron chi connectivity index (χ2n) is 4.06. The molecule has 0 saturated heterocycles. The van der Waals surface area contributed by atoms with Crippen molar-refractivity contribution in [3.8, 4) is 0 Å². The number of ketones is 1. The molecule has 4 nitrogen and oxygen atoms in total. The van der Waals surface area contributed by atoms with E-state index in [9.17, 15) is 4.79 Å². The maximum atomic E-state index is 12.4. The SMILES string of the molecule is CCn1ncc(Cl)c1C(=O)c1ccc(C)c(N)c1. The number of hydrogen-bond acceptors (Lipinski definition) is 3. The number of halogens is 1. The van der Waals surface area contributed by atoms with Gasteiger partial charge in [0.2, 0.25) is 5.78 Å². The largest absolute Gasteiger partial charge is 0.398 e. The van der Waals surface area contributed by atoms with Crippen molar-refractivity contribution >= 4 is 23.1 Å². The second kappa shape index (κ2) is 4.82. The fourth-order valence-corrected chi connectivity index (χ4v) is 1.97. The van der Waals surface area contributed by atoms with Crippen molar-refractivity contribution in [3.63, 3.8) is 0 Å². The summed E-state index contributed by atoms with van der Waals surface area (Å²) in [6.07, 6.45) is 1.48. The van der Waals surface area contributed by atoms with Gasteiger partial charge in [0.1, 0.15) is 5.69 Å². The molecule has 0 aliphatic carbocycles. The molecule has 2 aromatic rings. The van der Waals surface area contributed by atoms with Crippen molar-refractivity contribution in [2.75, 3.05) is 5.73 Å². The van der Waals surface area contributed by atoms with Crippen molar-refractivity contribution in [2.24, 2.45) is 0 Å². The number of nitrogens with zero attached hydrogens (tertiary/aromatic N) is 2. The minimum atomic E-state index is -0.161. The number of nitrogen functional groups attached to an aromatic ring is 1. The third-order valence-electron chi connectivity index (χ3n) is 2.85. The Kier molecular flexibility index (Phi) is 3.39. The average Bonchev–Trinajstić information content (AvgIpc) is 2.73. The maximum absolute atomic E-state index is 12.4. The van der Waals surface area contributed by atoms with Gasteiger partial charge in [-0.25, -0.2) is 0 Å². The predicted molar refractivity (Wildman–Crippen MR) is 71.9 cm³/mol. The van der Waals surface area contributed by atoms with Crippen LogP contribution in [0.1, 0.15) is 28.5 Å². The Balaban J connectivity index is 2.47. The highest BCUT2D eigenvalue weighted by atomic mass is 35.5. The summed E-state index contributed by atoms with van der Waals surface area (Å²) in [6.45, 7) is 4.39. The molecule has 0 amide bonds. The lowest BCUT2D eigenvalue weighted by atomic mass is 10.0. The van der Waals surface area contributed by atoms with Gasteiger partial charge in [-0.3, -0.25) is 9.48 Å². The van der Waals surface area contributed by atoms with Crippen molar-refractivity contribution in [1.82, 2.24) is 9.78 Å². The standard InChI is InChI=1S/C13H14ClN3O/c1-3-17-12(10(14)7-16-17)13(18)9-5-4-8(2)11(15)6-9/h4-7H,3,15H2,1-2H3. The lowest BCUT2D eigenvalue weighted by Gasteiger charge is -2.06. The summed E-state index contributed by atoms with van der Waals surface area (Å²) in [5, 5.41) is 4.42. The van der Waals surface area contributed by atoms with Gasteiger partial charge in [-0.05, 0) is 25.5 Å². The first kappa shape index (κ1) is 12.6. The molecule has 5 heteroatoms. The second-order valence-corrected chi connectivity index (χ2v) is 4.46. The van der Waals surface area contributed by atoms with Crippen LogP contribution in [-0.4, -0.2) is 15.6 Å². The van der Waals surface area contributed by atoms with Gasteiger partial charge in [0.25, 0.3) is 0 Å². The number of rotatable bonds is 3. The molecule has 1 aromatic heterocycles. The molecule has 0 fully saturated rings. The molecule has 0 aliphatic rings. The summed E-state index contributed by atoms with van der Waals surface area (Å²) in [4.78, 5) is 12.4. The normalized spacial score (nSPS) is 10.6. The van der Waals surface area contributed by atoms with Crippen molar-refractivity contribution in [1.29, 1.82) is 0 Å². The van der Waals surface area contributed by atoms with Crippen LogP contribution in [0.4, 0.5) is 5.69 Å². The van der Waals surface area contributed by atoms with E-state index in [1.54, 1.807) is 16.8 Å². The first-order valence-corrected chi connectivity index (χ1v) is 6.04. The van der Waals surface area contributed by atoms with Crippen LogP contribution < -0.4 is 5.73 Å². The molecule has 0 bridgehead atoms. The number of carbonyl (C=O) groups excluding carboxylic acids is 1. The molecule has 0 spiro atoms. The van der Waals surface area contributed by atoms with Crippen LogP contribution in [-0.2, 0) is 6.54 Å². The predicted octanol–water partition coefficient (Wildman–Crippen LogP) is 2.68. The number of aryl methyl sites for hydroxylation is 2. The van der Waals surface area contributed by atoms with E-state index in [1.807, 2.05) is 19.9 Å². The molecule has 18 heavy (non-hydrogen) atoms. The van der Waals surface area contributed by atoms with E-state index in [2.05, 4.69) is 5.10 Å². The Bertz CT molecular complexity index is 604. The highest BCUT2D eigenvalue weighted by molar-refractivity contribution is 6.34. The lowest BCUT2D eigenvalue weighted by Crippen LogP contribution is -2.11. The molecule has 94 valence electrons. The monoisotopic (exact) mass is 263 g/mol. The van der Waals surface area contributed by atoms with Gasteiger partial charge in [0, 0.05) is 17.8 Å². The van der Waals surface area contributed by atoms with Crippen LogP contribution in [0.25, 0.3) is 0 Å². The molecular formula is C13H14ClN3O. The van der Waals surface area contributed by atoms with Gasteiger partial charge >= 0.3 is 0 Å². The Morgan fingerprint density at radius 2 is 2.22 bits per heavy atom. The number of aromatic nitrogens is 2. The molecule has 2 N–H and O–H groups in total. The van der Waals surface area contributed by atoms with Crippen molar-refractivity contribution in [2.45, 2.75) is 20.4 Å². The van der Waals surface area contributed by atoms with Crippen LogP contribution in [0.2, 0.25) is 5.02 Å². The van der Waals surface area contributed by atoms with Gasteiger partial charge in [-0.15, -0.1) is 0 Å². The van der Waals surface area contributed by atoms with E-state index >= 15 is 0 Å². The summed E-state index contributed by atoms with van der Waals surface area (Å²) in [5.74, 6) is -0.161. The van der Waals surface area contributed by atoms with E-state index in [-0.39, 0.29) is 5.78 Å². The average molecular weight is 264 g/mol. The smallest absolute Gasteiger partial charge is 0.212 e. The van der Waals surface area contributed by atoms with E-state index in [0.717, 1.165) is 5.56 Å². The van der Waals surface area contributed by atoms with Gasteiger partial charge in [-0.1, -0.05) is 23.7 Å². The van der Waals surface area contributed by atoms with Crippen LogP contribution in [0, 0.1) is 6.92 Å².